The average molecular weight is 887 g/mol. The molecule has 0 radical (unpaired) electrons. The molecule has 0 bridgehead atoms. The molecule has 2 amide bonds. The fraction of sp³-hybridized carbons (Fsp3) is 0.0426. The van der Waals surface area contributed by atoms with Crippen LogP contribution in [0.4, 0.5) is 21.9 Å². The van der Waals surface area contributed by atoms with E-state index in [0.717, 1.165) is 33.3 Å². The maximum atomic E-state index is 12.5. The van der Waals surface area contributed by atoms with Crippen molar-refractivity contribution in [2.45, 2.75) is 9.79 Å². The number of phenols is 2. The fourth-order valence-corrected chi connectivity index (χ4v) is 7.81. The number of sulfonamides is 1. The first kappa shape index (κ1) is 44.3. The SMILES string of the molecule is COc1cc(Cl)ccc1NC(=O)Sc1ccccc1O.COc1ccccc1NS(=O)(=O)c1ccc2ccccc2c1.O=C(Nc1cccnc1)c1cc2ccccc2cc1O. The fourth-order valence-electron chi connectivity index (χ4n) is 5.86. The number of methoxy groups -OCH3 is 2. The van der Waals surface area contributed by atoms with E-state index < -0.39 is 10.0 Å². The predicted octanol–water partition coefficient (Wildman–Crippen LogP) is 11.2. The topological polar surface area (TPSA) is 176 Å². The number of nitrogens with one attached hydrogen (secondary N) is 3. The molecule has 0 fully saturated rings. The highest BCUT2D eigenvalue weighted by Gasteiger charge is 2.17. The molecule has 62 heavy (non-hydrogen) atoms. The molecule has 0 saturated carbocycles. The van der Waals surface area contributed by atoms with Gasteiger partial charge in [0.1, 0.15) is 23.0 Å². The zero-order valence-corrected chi connectivity index (χ0v) is 35.5. The van der Waals surface area contributed by atoms with E-state index >= 15 is 0 Å². The van der Waals surface area contributed by atoms with Gasteiger partial charge in [0.2, 0.25) is 0 Å². The third-order valence-electron chi connectivity index (χ3n) is 8.88. The van der Waals surface area contributed by atoms with Crippen LogP contribution in [0.5, 0.6) is 23.0 Å². The second-order valence-corrected chi connectivity index (χ2v) is 16.2. The van der Waals surface area contributed by atoms with Gasteiger partial charge in [0, 0.05) is 17.3 Å². The first-order valence-corrected chi connectivity index (χ1v) is 21.3. The number of carbonyl (C=O) groups excluding carboxylic acids is 2. The van der Waals surface area contributed by atoms with Crippen LogP contribution in [0, 0.1) is 0 Å². The van der Waals surface area contributed by atoms with Crippen LogP contribution in [0.2, 0.25) is 5.02 Å². The van der Waals surface area contributed by atoms with E-state index in [9.17, 15) is 28.2 Å². The summed E-state index contributed by atoms with van der Waals surface area (Å²) in [7, 11) is -0.667. The smallest absolute Gasteiger partial charge is 0.288 e. The maximum absolute atomic E-state index is 12.5. The Morgan fingerprint density at radius 3 is 1.97 bits per heavy atom. The molecule has 1 heterocycles. The molecular formula is C47H39ClN4O8S2. The van der Waals surface area contributed by atoms with E-state index in [1.807, 2.05) is 48.5 Å². The average Bonchev–Trinajstić information content (AvgIpc) is 3.28. The third-order valence-corrected chi connectivity index (χ3v) is 11.3. The van der Waals surface area contributed by atoms with Crippen molar-refractivity contribution in [3.8, 4) is 23.0 Å². The van der Waals surface area contributed by atoms with Gasteiger partial charge in [0.25, 0.3) is 21.2 Å². The monoisotopic (exact) mass is 886 g/mol. The lowest BCUT2D eigenvalue weighted by molar-refractivity contribution is 0.102. The zero-order chi connectivity index (χ0) is 44.1. The van der Waals surface area contributed by atoms with Crippen LogP contribution >= 0.6 is 23.4 Å². The normalized spacial score (nSPS) is 10.6. The minimum Gasteiger partial charge on any atom is -0.507 e. The van der Waals surface area contributed by atoms with Crippen LogP contribution in [0.25, 0.3) is 21.5 Å². The number of hydrogen-bond acceptors (Lipinski definition) is 10. The summed E-state index contributed by atoms with van der Waals surface area (Å²) in [6.07, 6.45) is 3.18. The third kappa shape index (κ3) is 11.7. The molecule has 0 spiro atoms. The maximum Gasteiger partial charge on any atom is 0.288 e. The summed E-state index contributed by atoms with van der Waals surface area (Å²) in [6, 6.07) is 45.5. The summed E-state index contributed by atoms with van der Waals surface area (Å²) >= 11 is 6.75. The van der Waals surface area contributed by atoms with Crippen molar-refractivity contribution in [1.29, 1.82) is 0 Å². The van der Waals surface area contributed by atoms with E-state index in [-0.39, 0.29) is 33.1 Å². The largest absolute Gasteiger partial charge is 0.507 e. The molecule has 8 aromatic rings. The molecule has 0 atom stereocenters. The first-order valence-electron chi connectivity index (χ1n) is 18.6. The Morgan fingerprint density at radius 2 is 1.27 bits per heavy atom. The molecule has 314 valence electrons. The van der Waals surface area contributed by atoms with Gasteiger partial charge in [0.05, 0.1) is 52.8 Å². The van der Waals surface area contributed by atoms with Gasteiger partial charge in [-0.1, -0.05) is 90.5 Å². The summed E-state index contributed by atoms with van der Waals surface area (Å²) in [5, 5.41) is 28.9. The Morgan fingerprint density at radius 1 is 0.629 bits per heavy atom. The van der Waals surface area contributed by atoms with E-state index in [0.29, 0.717) is 38.5 Å². The summed E-state index contributed by atoms with van der Waals surface area (Å²) in [5.41, 5.74) is 1.76. The van der Waals surface area contributed by atoms with Crippen LogP contribution in [-0.2, 0) is 10.0 Å². The number of hydrogen-bond donors (Lipinski definition) is 5. The van der Waals surface area contributed by atoms with Crippen LogP contribution in [0.3, 0.4) is 0 Å². The van der Waals surface area contributed by atoms with Crippen LogP contribution in [0.1, 0.15) is 10.4 Å². The first-order chi connectivity index (χ1) is 29.9. The van der Waals surface area contributed by atoms with Gasteiger partial charge in [-0.05, 0) is 106 Å². The molecule has 12 nitrogen and oxygen atoms in total. The molecule has 0 aliphatic rings. The Balaban J connectivity index is 0.000000155. The molecule has 0 aliphatic carbocycles. The number of anilines is 3. The highest BCUT2D eigenvalue weighted by atomic mass is 35.5. The van der Waals surface area contributed by atoms with Gasteiger partial charge < -0.3 is 30.3 Å². The summed E-state index contributed by atoms with van der Waals surface area (Å²) < 4.78 is 38.0. The van der Waals surface area contributed by atoms with Crippen molar-refractivity contribution in [2.24, 2.45) is 0 Å². The quantitative estimate of drug-likeness (QED) is 0.0877. The summed E-state index contributed by atoms with van der Waals surface area (Å²) in [5.74, 6) is 0.623. The molecule has 1 aromatic heterocycles. The number of benzene rings is 7. The summed E-state index contributed by atoms with van der Waals surface area (Å²) in [6.45, 7) is 0. The van der Waals surface area contributed by atoms with Gasteiger partial charge in [0.15, 0.2) is 0 Å². The van der Waals surface area contributed by atoms with Crippen molar-refractivity contribution in [3.05, 3.63) is 181 Å². The number of ether oxygens (including phenoxy) is 2. The van der Waals surface area contributed by atoms with Crippen LogP contribution in [0.15, 0.2) is 180 Å². The number of carbonyl (C=O) groups is 2. The van der Waals surface area contributed by atoms with Gasteiger partial charge in [-0.2, -0.15) is 0 Å². The number of thioether (sulfide) groups is 1. The van der Waals surface area contributed by atoms with Gasteiger partial charge in [-0.25, -0.2) is 8.42 Å². The summed E-state index contributed by atoms with van der Waals surface area (Å²) in [4.78, 5) is 28.7. The van der Waals surface area contributed by atoms with Crippen LogP contribution < -0.4 is 24.8 Å². The number of rotatable bonds is 9. The number of halogens is 1. The Bertz CT molecular complexity index is 2960. The minimum absolute atomic E-state index is 0.0370. The molecule has 5 N–H and O–H groups in total. The van der Waals surface area contributed by atoms with Gasteiger partial charge >= 0.3 is 0 Å². The highest BCUT2D eigenvalue weighted by Crippen LogP contribution is 2.33. The standard InChI is InChI=1S/C17H15NO3S.C16H12N2O2.C14H12ClNO3S/c1-21-17-9-5-4-8-16(17)18-22(19,20)15-11-10-13-6-2-3-7-14(13)12-15;19-15-9-12-5-2-1-4-11(12)8-14(15)16(20)18-13-6-3-7-17-10-13;1-19-12-8-9(15)6-7-10(12)16-14(18)20-13-5-3-2-4-11(13)17/h2-12,18H,1H3;1-10,19H,(H,18,20);2-8,17H,1H3,(H,16,18). The molecule has 15 heteroatoms. The van der Waals surface area contributed by atoms with Crippen molar-refractivity contribution >= 4 is 83.1 Å². The minimum atomic E-state index is -3.67. The lowest BCUT2D eigenvalue weighted by atomic mass is 10.1. The molecule has 0 saturated heterocycles. The highest BCUT2D eigenvalue weighted by molar-refractivity contribution is 8.14. The number of nitrogens with zero attached hydrogens (tertiary/aromatic N) is 1. The molecule has 7 aromatic carbocycles. The zero-order valence-electron chi connectivity index (χ0n) is 33.2. The van der Waals surface area contributed by atoms with E-state index in [1.54, 1.807) is 116 Å². The number of phenolic OH excluding ortho intramolecular Hbond substituents is 2. The molecular weight excluding hydrogens is 848 g/mol. The van der Waals surface area contributed by atoms with Crippen molar-refractivity contribution in [2.75, 3.05) is 29.6 Å². The number of pyridine rings is 1. The Kier molecular flexibility index (Phi) is 14.9. The molecule has 0 aliphatic heterocycles. The predicted molar refractivity (Wildman–Crippen MR) is 247 cm³/mol. The Labute approximate surface area is 367 Å². The van der Waals surface area contributed by atoms with Gasteiger partial charge in [-0.3, -0.25) is 19.3 Å². The number of amides is 2. The van der Waals surface area contributed by atoms with Gasteiger partial charge in [-0.15, -0.1) is 0 Å². The molecule has 8 rings (SSSR count). The van der Waals surface area contributed by atoms with Crippen LogP contribution in [-0.4, -0.2) is 49.0 Å². The number of para-hydroxylation sites is 3. The van der Waals surface area contributed by atoms with Crippen molar-refractivity contribution in [1.82, 2.24) is 4.98 Å². The van der Waals surface area contributed by atoms with E-state index in [1.165, 1.54) is 20.3 Å². The second kappa shape index (κ2) is 20.8. The Hall–Kier alpha value is -7.26. The number of fused-ring (bicyclic) bond motifs is 2. The second-order valence-electron chi connectivity index (χ2n) is 13.1. The lowest BCUT2D eigenvalue weighted by Crippen LogP contribution is -2.13. The van der Waals surface area contributed by atoms with Crippen molar-refractivity contribution < 1.29 is 37.7 Å². The van der Waals surface area contributed by atoms with E-state index in [2.05, 4.69) is 20.3 Å². The lowest BCUT2D eigenvalue weighted by Gasteiger charge is -2.12. The number of aromatic hydroxyl groups is 2. The van der Waals surface area contributed by atoms with Crippen molar-refractivity contribution in [3.63, 3.8) is 0 Å². The van der Waals surface area contributed by atoms with E-state index in [4.69, 9.17) is 21.1 Å². The number of aromatic nitrogens is 1. The molecule has 0 unspecified atom stereocenters.